The normalized spacial score (nSPS) is 12.3. The van der Waals surface area contributed by atoms with Crippen molar-refractivity contribution < 1.29 is 8.91 Å². The van der Waals surface area contributed by atoms with Crippen molar-refractivity contribution in [2.75, 3.05) is 0 Å². The van der Waals surface area contributed by atoms with Crippen LogP contribution in [0, 0.1) is 19.7 Å². The van der Waals surface area contributed by atoms with Crippen LogP contribution in [0.15, 0.2) is 47.0 Å². The molecule has 0 radical (unpaired) electrons. The van der Waals surface area contributed by atoms with Gasteiger partial charge in [-0.25, -0.2) is 4.39 Å². The van der Waals surface area contributed by atoms with E-state index in [-0.39, 0.29) is 5.82 Å². The van der Waals surface area contributed by atoms with Crippen molar-refractivity contribution in [1.82, 2.24) is 30.3 Å². The number of nitrogens with zero attached hydrogens (tertiary/aromatic N) is 6. The zero-order valence-corrected chi connectivity index (χ0v) is 15.1. The molecule has 4 aromatic rings. The molecule has 136 valence electrons. The molecule has 0 saturated heterocycles. The third kappa shape index (κ3) is 3.33. The molecule has 0 spiro atoms. The summed E-state index contributed by atoms with van der Waals surface area (Å²) in [7, 11) is 0. The van der Waals surface area contributed by atoms with Gasteiger partial charge in [-0.1, -0.05) is 47.1 Å². The summed E-state index contributed by atoms with van der Waals surface area (Å²) in [5, 5.41) is 16.5. The molecule has 0 aliphatic carbocycles. The molecule has 0 bridgehead atoms. The van der Waals surface area contributed by atoms with Crippen molar-refractivity contribution in [3.63, 3.8) is 0 Å². The molecule has 2 aromatic carbocycles. The average Bonchev–Trinajstić information content (AvgIpc) is 3.34. The second kappa shape index (κ2) is 6.71. The van der Waals surface area contributed by atoms with Gasteiger partial charge in [-0.2, -0.15) is 9.78 Å². The van der Waals surface area contributed by atoms with E-state index in [1.165, 1.54) is 10.9 Å². The average molecular weight is 364 g/mol. The van der Waals surface area contributed by atoms with Gasteiger partial charge >= 0.3 is 0 Å². The maximum atomic E-state index is 13.8. The van der Waals surface area contributed by atoms with Gasteiger partial charge in [0.2, 0.25) is 11.6 Å². The quantitative estimate of drug-likeness (QED) is 0.548. The molecule has 1 atom stereocenters. The van der Waals surface area contributed by atoms with Gasteiger partial charge < -0.3 is 4.52 Å². The Labute approximate surface area is 154 Å². The van der Waals surface area contributed by atoms with Crippen LogP contribution in [0.2, 0.25) is 0 Å². The molecule has 4 rings (SSSR count). The van der Waals surface area contributed by atoms with Crippen LogP contribution in [0.4, 0.5) is 4.39 Å². The van der Waals surface area contributed by atoms with Gasteiger partial charge in [0.05, 0.1) is 0 Å². The highest BCUT2D eigenvalue weighted by Gasteiger charge is 2.20. The minimum atomic E-state index is -0.409. The van der Waals surface area contributed by atoms with Gasteiger partial charge in [0, 0.05) is 11.1 Å². The molecule has 8 heteroatoms. The predicted molar refractivity (Wildman–Crippen MR) is 96.2 cm³/mol. The molecule has 1 unspecified atom stereocenters. The molecular formula is C19H17FN6O. The number of hydrogen-bond donors (Lipinski definition) is 0. The lowest BCUT2D eigenvalue weighted by Gasteiger charge is -2.03. The Bertz CT molecular complexity index is 1090. The van der Waals surface area contributed by atoms with Gasteiger partial charge in [0.15, 0.2) is 0 Å². The minimum Gasteiger partial charge on any atom is -0.337 e. The SMILES string of the molecule is Cc1ccc(-c2nnn(C(C)c3nc(-c4ccc(C)c(F)c4)no3)n2)cc1. The summed E-state index contributed by atoms with van der Waals surface area (Å²) in [6, 6.07) is 12.3. The van der Waals surface area contributed by atoms with Crippen LogP contribution in [0.3, 0.4) is 0 Å². The number of rotatable bonds is 4. The molecule has 0 amide bonds. The first-order valence-corrected chi connectivity index (χ1v) is 8.48. The third-order valence-electron chi connectivity index (χ3n) is 4.31. The van der Waals surface area contributed by atoms with Crippen molar-refractivity contribution in [3.05, 3.63) is 65.3 Å². The first-order chi connectivity index (χ1) is 13.0. The first-order valence-electron chi connectivity index (χ1n) is 8.48. The fraction of sp³-hybridized carbons (Fsp3) is 0.211. The first kappa shape index (κ1) is 17.0. The molecule has 0 aliphatic rings. The maximum absolute atomic E-state index is 13.8. The Balaban J connectivity index is 1.58. The lowest BCUT2D eigenvalue weighted by atomic mass is 10.1. The zero-order chi connectivity index (χ0) is 19.0. The standard InChI is InChI=1S/C19H17FN6O/c1-11-4-7-14(8-5-11)18-22-25-26(23-18)13(3)19-21-17(24-27-19)15-9-6-12(2)16(20)10-15/h4-10,13H,1-3H3. The summed E-state index contributed by atoms with van der Waals surface area (Å²) >= 11 is 0. The van der Waals surface area contributed by atoms with Crippen LogP contribution in [0.25, 0.3) is 22.8 Å². The van der Waals surface area contributed by atoms with Crippen molar-refractivity contribution in [2.45, 2.75) is 26.8 Å². The second-order valence-electron chi connectivity index (χ2n) is 6.40. The highest BCUT2D eigenvalue weighted by Crippen LogP contribution is 2.22. The molecule has 2 heterocycles. The topological polar surface area (TPSA) is 82.5 Å². The maximum Gasteiger partial charge on any atom is 0.253 e. The molecule has 0 fully saturated rings. The molecule has 2 aromatic heterocycles. The number of aromatic nitrogens is 6. The van der Waals surface area contributed by atoms with Crippen LogP contribution in [0.1, 0.15) is 30.0 Å². The van der Waals surface area contributed by atoms with E-state index in [0.29, 0.717) is 28.7 Å². The van der Waals surface area contributed by atoms with Gasteiger partial charge in [0.25, 0.3) is 5.89 Å². The molecule has 0 aliphatic heterocycles. The van der Waals surface area contributed by atoms with Crippen LogP contribution < -0.4 is 0 Å². The fourth-order valence-electron chi connectivity index (χ4n) is 2.56. The van der Waals surface area contributed by atoms with Crippen molar-refractivity contribution >= 4 is 0 Å². The largest absolute Gasteiger partial charge is 0.337 e. The Morgan fingerprint density at radius 2 is 1.74 bits per heavy atom. The van der Waals surface area contributed by atoms with Gasteiger partial charge in [0.1, 0.15) is 11.9 Å². The van der Waals surface area contributed by atoms with E-state index >= 15 is 0 Å². The predicted octanol–water partition coefficient (Wildman–Crippen LogP) is 3.76. The zero-order valence-electron chi connectivity index (χ0n) is 15.1. The monoisotopic (exact) mass is 364 g/mol. The van der Waals surface area contributed by atoms with Crippen LogP contribution >= 0.6 is 0 Å². The second-order valence-corrected chi connectivity index (χ2v) is 6.40. The molecular weight excluding hydrogens is 347 g/mol. The van der Waals surface area contributed by atoms with E-state index in [0.717, 1.165) is 11.1 Å². The van der Waals surface area contributed by atoms with Crippen LogP contribution in [-0.4, -0.2) is 30.3 Å². The van der Waals surface area contributed by atoms with E-state index in [1.807, 2.05) is 38.1 Å². The highest BCUT2D eigenvalue weighted by atomic mass is 19.1. The van der Waals surface area contributed by atoms with Crippen LogP contribution in [0.5, 0.6) is 0 Å². The van der Waals surface area contributed by atoms with Crippen molar-refractivity contribution in [3.8, 4) is 22.8 Å². The number of halogens is 1. The van der Waals surface area contributed by atoms with Gasteiger partial charge in [-0.15, -0.1) is 10.2 Å². The number of benzene rings is 2. The Hall–Kier alpha value is -3.42. The Morgan fingerprint density at radius 1 is 1.00 bits per heavy atom. The Kier molecular flexibility index (Phi) is 4.23. The third-order valence-corrected chi connectivity index (χ3v) is 4.31. The van der Waals surface area contributed by atoms with E-state index in [9.17, 15) is 4.39 Å². The van der Waals surface area contributed by atoms with Crippen LogP contribution in [-0.2, 0) is 0 Å². The van der Waals surface area contributed by atoms with Crippen molar-refractivity contribution in [2.24, 2.45) is 0 Å². The highest BCUT2D eigenvalue weighted by molar-refractivity contribution is 5.55. The number of hydrogen-bond acceptors (Lipinski definition) is 6. The molecule has 0 N–H and O–H groups in total. The van der Waals surface area contributed by atoms with Gasteiger partial charge in [-0.3, -0.25) is 0 Å². The summed E-state index contributed by atoms with van der Waals surface area (Å²) < 4.78 is 19.1. The lowest BCUT2D eigenvalue weighted by Crippen LogP contribution is -2.11. The number of aryl methyl sites for hydroxylation is 2. The van der Waals surface area contributed by atoms with Crippen molar-refractivity contribution in [1.29, 1.82) is 0 Å². The summed E-state index contributed by atoms with van der Waals surface area (Å²) in [5.41, 5.74) is 3.14. The fourth-order valence-corrected chi connectivity index (χ4v) is 2.56. The summed E-state index contributed by atoms with van der Waals surface area (Å²) in [6.07, 6.45) is 0. The van der Waals surface area contributed by atoms with E-state index < -0.39 is 6.04 Å². The minimum absolute atomic E-state index is 0.312. The lowest BCUT2D eigenvalue weighted by molar-refractivity contribution is 0.320. The molecule has 27 heavy (non-hydrogen) atoms. The van der Waals surface area contributed by atoms with Gasteiger partial charge in [-0.05, 0) is 37.6 Å². The van der Waals surface area contributed by atoms with E-state index in [4.69, 9.17) is 4.52 Å². The molecule has 7 nitrogen and oxygen atoms in total. The molecule has 0 saturated carbocycles. The van der Waals surface area contributed by atoms with E-state index in [2.05, 4.69) is 25.6 Å². The summed E-state index contributed by atoms with van der Waals surface area (Å²) in [4.78, 5) is 5.77. The summed E-state index contributed by atoms with van der Waals surface area (Å²) in [5.74, 6) is 0.836. The number of tetrazole rings is 1. The smallest absolute Gasteiger partial charge is 0.253 e. The summed E-state index contributed by atoms with van der Waals surface area (Å²) in [6.45, 7) is 5.54. The van der Waals surface area contributed by atoms with E-state index in [1.54, 1.807) is 19.1 Å². The Morgan fingerprint density at radius 3 is 2.48 bits per heavy atom.